The SMILES string of the molecule is CC1CN(c2ccc3cccc(Br)c3n2)CC(C)O1. The van der Waals surface area contributed by atoms with Gasteiger partial charge in [0.25, 0.3) is 0 Å². The normalized spacial score (nSPS) is 23.8. The number of ether oxygens (including phenoxy) is 1. The highest BCUT2D eigenvalue weighted by atomic mass is 79.9. The lowest BCUT2D eigenvalue weighted by molar-refractivity contribution is -0.00544. The van der Waals surface area contributed by atoms with Crippen molar-refractivity contribution in [1.82, 2.24) is 4.98 Å². The minimum absolute atomic E-state index is 0.250. The van der Waals surface area contributed by atoms with Gasteiger partial charge in [0.05, 0.1) is 17.7 Å². The summed E-state index contributed by atoms with van der Waals surface area (Å²) in [5.41, 5.74) is 1.02. The number of benzene rings is 1. The molecule has 0 N–H and O–H groups in total. The molecule has 1 saturated heterocycles. The Kier molecular flexibility index (Phi) is 3.46. The van der Waals surface area contributed by atoms with Gasteiger partial charge in [-0.1, -0.05) is 12.1 Å². The van der Waals surface area contributed by atoms with Crippen LogP contribution in [0.15, 0.2) is 34.8 Å². The van der Waals surface area contributed by atoms with Crippen LogP contribution in [0.3, 0.4) is 0 Å². The zero-order valence-corrected chi connectivity index (χ0v) is 12.7. The second-order valence-electron chi connectivity index (χ2n) is 5.14. The van der Waals surface area contributed by atoms with E-state index < -0.39 is 0 Å². The van der Waals surface area contributed by atoms with Gasteiger partial charge < -0.3 is 9.64 Å². The summed E-state index contributed by atoms with van der Waals surface area (Å²) in [6.45, 7) is 6.01. The molecule has 0 radical (unpaired) electrons. The van der Waals surface area contributed by atoms with Crippen LogP contribution in [0, 0.1) is 0 Å². The molecule has 3 nitrogen and oxygen atoms in total. The number of aromatic nitrogens is 1. The van der Waals surface area contributed by atoms with Crippen molar-refractivity contribution in [1.29, 1.82) is 0 Å². The van der Waals surface area contributed by atoms with Crippen LogP contribution in [0.2, 0.25) is 0 Å². The molecule has 19 heavy (non-hydrogen) atoms. The monoisotopic (exact) mass is 320 g/mol. The number of rotatable bonds is 1. The lowest BCUT2D eigenvalue weighted by atomic mass is 10.2. The Bertz CT molecular complexity index is 592. The molecule has 2 aromatic rings. The average Bonchev–Trinajstić information content (AvgIpc) is 2.38. The van der Waals surface area contributed by atoms with E-state index in [2.05, 4.69) is 52.9 Å². The van der Waals surface area contributed by atoms with E-state index in [1.165, 1.54) is 0 Å². The van der Waals surface area contributed by atoms with Crippen molar-refractivity contribution in [2.75, 3.05) is 18.0 Å². The molecule has 0 amide bonds. The van der Waals surface area contributed by atoms with Crippen LogP contribution in [0.5, 0.6) is 0 Å². The van der Waals surface area contributed by atoms with Crippen LogP contribution in [0.25, 0.3) is 10.9 Å². The Labute approximate surface area is 121 Å². The largest absolute Gasteiger partial charge is 0.372 e. The molecule has 1 aromatic heterocycles. The number of morpholine rings is 1. The van der Waals surface area contributed by atoms with Crippen molar-refractivity contribution in [3.8, 4) is 0 Å². The van der Waals surface area contributed by atoms with Gasteiger partial charge in [-0.2, -0.15) is 0 Å². The van der Waals surface area contributed by atoms with E-state index in [4.69, 9.17) is 9.72 Å². The van der Waals surface area contributed by atoms with Gasteiger partial charge in [-0.25, -0.2) is 4.98 Å². The van der Waals surface area contributed by atoms with Crippen molar-refractivity contribution in [2.45, 2.75) is 26.1 Å². The van der Waals surface area contributed by atoms with Crippen LogP contribution in [-0.4, -0.2) is 30.3 Å². The number of halogens is 1. The number of anilines is 1. The smallest absolute Gasteiger partial charge is 0.129 e. The second kappa shape index (κ2) is 5.10. The summed E-state index contributed by atoms with van der Waals surface area (Å²) in [6.07, 6.45) is 0.501. The Morgan fingerprint density at radius 3 is 2.63 bits per heavy atom. The third-order valence-corrected chi connectivity index (χ3v) is 4.04. The minimum Gasteiger partial charge on any atom is -0.372 e. The molecule has 1 aliphatic heterocycles. The quantitative estimate of drug-likeness (QED) is 0.802. The molecule has 3 rings (SSSR count). The fourth-order valence-corrected chi connectivity index (χ4v) is 3.11. The van der Waals surface area contributed by atoms with Crippen molar-refractivity contribution < 1.29 is 4.74 Å². The van der Waals surface area contributed by atoms with Crippen molar-refractivity contribution in [3.63, 3.8) is 0 Å². The van der Waals surface area contributed by atoms with E-state index in [0.29, 0.717) is 0 Å². The van der Waals surface area contributed by atoms with Crippen molar-refractivity contribution >= 4 is 32.7 Å². The van der Waals surface area contributed by atoms with Crippen LogP contribution in [-0.2, 0) is 4.74 Å². The fourth-order valence-electron chi connectivity index (χ4n) is 2.64. The van der Waals surface area contributed by atoms with Gasteiger partial charge in [-0.3, -0.25) is 0 Å². The Balaban J connectivity index is 1.98. The van der Waals surface area contributed by atoms with Crippen LogP contribution in [0.1, 0.15) is 13.8 Å². The van der Waals surface area contributed by atoms with Gasteiger partial charge in [0.15, 0.2) is 0 Å². The zero-order chi connectivity index (χ0) is 13.4. The Hall–Kier alpha value is -1.13. The average molecular weight is 321 g/mol. The highest BCUT2D eigenvalue weighted by Gasteiger charge is 2.23. The number of pyridine rings is 1. The maximum absolute atomic E-state index is 5.77. The van der Waals surface area contributed by atoms with E-state index in [9.17, 15) is 0 Å². The predicted molar refractivity (Wildman–Crippen MR) is 81.7 cm³/mol. The molecule has 2 heterocycles. The fraction of sp³-hybridized carbons (Fsp3) is 0.400. The third-order valence-electron chi connectivity index (χ3n) is 3.40. The molecule has 4 heteroatoms. The lowest BCUT2D eigenvalue weighted by Crippen LogP contribution is -2.45. The van der Waals surface area contributed by atoms with Crippen LogP contribution in [0.4, 0.5) is 5.82 Å². The first-order valence-electron chi connectivity index (χ1n) is 6.59. The van der Waals surface area contributed by atoms with Crippen molar-refractivity contribution in [3.05, 3.63) is 34.8 Å². The van der Waals surface area contributed by atoms with Crippen LogP contribution < -0.4 is 4.90 Å². The van der Waals surface area contributed by atoms with E-state index in [1.54, 1.807) is 0 Å². The summed E-state index contributed by atoms with van der Waals surface area (Å²) < 4.78 is 6.81. The van der Waals surface area contributed by atoms with Gasteiger partial charge in [-0.15, -0.1) is 0 Å². The van der Waals surface area contributed by atoms with Crippen molar-refractivity contribution in [2.24, 2.45) is 0 Å². The molecule has 0 spiro atoms. The zero-order valence-electron chi connectivity index (χ0n) is 11.1. The summed E-state index contributed by atoms with van der Waals surface area (Å²) >= 11 is 3.57. The summed E-state index contributed by atoms with van der Waals surface area (Å²) in [5.74, 6) is 1.03. The van der Waals surface area contributed by atoms with Crippen LogP contribution >= 0.6 is 15.9 Å². The summed E-state index contributed by atoms with van der Waals surface area (Å²) in [6, 6.07) is 10.4. The maximum Gasteiger partial charge on any atom is 0.129 e. The first-order chi connectivity index (χ1) is 9.13. The summed E-state index contributed by atoms with van der Waals surface area (Å²) in [5, 5.41) is 1.16. The molecule has 1 aliphatic rings. The molecule has 0 bridgehead atoms. The first-order valence-corrected chi connectivity index (χ1v) is 7.38. The summed E-state index contributed by atoms with van der Waals surface area (Å²) in [4.78, 5) is 7.09. The molecule has 2 atom stereocenters. The second-order valence-corrected chi connectivity index (χ2v) is 6.00. The number of para-hydroxylation sites is 1. The Morgan fingerprint density at radius 1 is 1.16 bits per heavy atom. The predicted octanol–water partition coefficient (Wildman–Crippen LogP) is 3.61. The molecule has 0 aliphatic carbocycles. The van der Waals surface area contributed by atoms with Gasteiger partial charge in [-0.05, 0) is 48.0 Å². The maximum atomic E-state index is 5.77. The lowest BCUT2D eigenvalue weighted by Gasteiger charge is -2.36. The van der Waals surface area contributed by atoms with E-state index in [0.717, 1.165) is 34.3 Å². The molecule has 1 aromatic carbocycles. The van der Waals surface area contributed by atoms with Gasteiger partial charge in [0, 0.05) is 22.9 Å². The van der Waals surface area contributed by atoms with E-state index in [1.807, 2.05) is 12.1 Å². The number of nitrogens with zero attached hydrogens (tertiary/aromatic N) is 2. The Morgan fingerprint density at radius 2 is 1.89 bits per heavy atom. The topological polar surface area (TPSA) is 25.4 Å². The number of hydrogen-bond acceptors (Lipinski definition) is 3. The minimum atomic E-state index is 0.250. The van der Waals surface area contributed by atoms with E-state index >= 15 is 0 Å². The molecule has 2 unspecified atom stereocenters. The van der Waals surface area contributed by atoms with Gasteiger partial charge in [0.2, 0.25) is 0 Å². The standard InChI is InChI=1S/C15H17BrN2O/c1-10-8-18(9-11(2)19-10)14-7-6-12-4-3-5-13(16)15(12)17-14/h3-7,10-11H,8-9H2,1-2H3. The number of hydrogen-bond donors (Lipinski definition) is 0. The molecular weight excluding hydrogens is 304 g/mol. The van der Waals surface area contributed by atoms with Gasteiger partial charge in [0.1, 0.15) is 5.82 Å². The third kappa shape index (κ3) is 2.60. The summed E-state index contributed by atoms with van der Waals surface area (Å²) in [7, 11) is 0. The number of fused-ring (bicyclic) bond motifs is 1. The highest BCUT2D eigenvalue weighted by molar-refractivity contribution is 9.10. The molecule has 1 fully saturated rings. The molecule has 100 valence electrons. The highest BCUT2D eigenvalue weighted by Crippen LogP contribution is 2.26. The first kappa shape index (κ1) is 12.9. The van der Waals surface area contributed by atoms with E-state index in [-0.39, 0.29) is 12.2 Å². The molecular formula is C15H17BrN2O. The van der Waals surface area contributed by atoms with Gasteiger partial charge >= 0.3 is 0 Å². The molecule has 0 saturated carbocycles.